The highest BCUT2D eigenvalue weighted by molar-refractivity contribution is 14.0. The van der Waals surface area contributed by atoms with Crippen LogP contribution in [0.2, 0.25) is 0 Å². The molecule has 0 saturated heterocycles. The predicted octanol–water partition coefficient (Wildman–Crippen LogP) is 4.12. The highest BCUT2D eigenvalue weighted by Gasteiger charge is 2.19. The van der Waals surface area contributed by atoms with Crippen molar-refractivity contribution in [2.24, 2.45) is 4.99 Å². The molecule has 7 heteroatoms. The van der Waals surface area contributed by atoms with E-state index in [2.05, 4.69) is 70.1 Å². The Bertz CT molecular complexity index is 674. The Morgan fingerprint density at radius 1 is 1.19 bits per heavy atom. The van der Waals surface area contributed by atoms with Gasteiger partial charge in [0, 0.05) is 18.5 Å². The summed E-state index contributed by atoms with van der Waals surface area (Å²) >= 11 is 1.75. The molecule has 2 rings (SSSR count). The van der Waals surface area contributed by atoms with E-state index < -0.39 is 0 Å². The molecule has 1 aromatic carbocycles. The summed E-state index contributed by atoms with van der Waals surface area (Å²) in [6.45, 7) is 7.93. The second kappa shape index (κ2) is 13.0. The van der Waals surface area contributed by atoms with Gasteiger partial charge in [0.2, 0.25) is 0 Å². The predicted molar refractivity (Wildman–Crippen MR) is 127 cm³/mol. The molecule has 0 saturated carbocycles. The number of hydrogen-bond acceptors (Lipinski definition) is 4. The van der Waals surface area contributed by atoms with Crippen molar-refractivity contribution in [3.63, 3.8) is 0 Å². The van der Waals surface area contributed by atoms with Crippen LogP contribution in [0.25, 0.3) is 0 Å². The molecular weight excluding hydrogens is 471 g/mol. The van der Waals surface area contributed by atoms with Gasteiger partial charge in [-0.25, -0.2) is 0 Å². The molecule has 0 aliphatic carbocycles. The van der Waals surface area contributed by atoms with Gasteiger partial charge in [0.1, 0.15) is 5.75 Å². The smallest absolute Gasteiger partial charge is 0.191 e. The van der Waals surface area contributed by atoms with Crippen LogP contribution >= 0.6 is 35.3 Å². The van der Waals surface area contributed by atoms with Gasteiger partial charge in [0.15, 0.2) is 5.96 Å². The molecule has 150 valence electrons. The number of methoxy groups -OCH3 is 1. The number of nitrogens with one attached hydrogen (secondary N) is 2. The van der Waals surface area contributed by atoms with E-state index >= 15 is 0 Å². The van der Waals surface area contributed by atoms with Crippen LogP contribution in [0, 0.1) is 0 Å². The molecule has 0 radical (unpaired) electrons. The number of rotatable bonds is 9. The molecule has 0 spiro atoms. The summed E-state index contributed by atoms with van der Waals surface area (Å²) in [7, 11) is 3.52. The van der Waals surface area contributed by atoms with Crippen molar-refractivity contribution in [3.05, 3.63) is 52.2 Å². The zero-order valence-corrected chi connectivity index (χ0v) is 19.7. The van der Waals surface area contributed by atoms with Gasteiger partial charge >= 0.3 is 0 Å². The number of likely N-dealkylation sites (N-methyl/N-ethyl adjacent to an activating group) is 1. The van der Waals surface area contributed by atoms with Crippen molar-refractivity contribution in [3.8, 4) is 5.75 Å². The molecular formula is C20H31IN4OS. The second-order valence-corrected chi connectivity index (χ2v) is 6.93. The maximum absolute atomic E-state index is 5.40. The highest BCUT2D eigenvalue weighted by Crippen LogP contribution is 2.23. The van der Waals surface area contributed by atoms with E-state index in [0.29, 0.717) is 0 Å². The van der Waals surface area contributed by atoms with Crippen LogP contribution in [0.15, 0.2) is 46.8 Å². The molecule has 1 heterocycles. The van der Waals surface area contributed by atoms with Crippen LogP contribution in [0.5, 0.6) is 5.75 Å². The Balaban J connectivity index is 0.00000364. The first kappa shape index (κ1) is 23.7. The number of thiophene rings is 1. The zero-order chi connectivity index (χ0) is 18.8. The van der Waals surface area contributed by atoms with E-state index in [9.17, 15) is 0 Å². The van der Waals surface area contributed by atoms with Gasteiger partial charge < -0.3 is 15.4 Å². The first-order chi connectivity index (χ1) is 12.7. The lowest BCUT2D eigenvalue weighted by atomic mass is 10.0. The maximum Gasteiger partial charge on any atom is 0.191 e. The number of nitrogens with zero attached hydrogens (tertiary/aromatic N) is 2. The standard InChI is InChI=1S/C20H30N4OS.HI/c1-5-24(6-2)19(16-9-7-10-17(13-16)25-4)15-23-20(21-3)22-14-18-11-8-12-26-18;/h7-13,19H,5-6,14-15H2,1-4H3,(H2,21,22,23);1H. The number of benzene rings is 1. The van der Waals surface area contributed by atoms with E-state index in [4.69, 9.17) is 4.74 Å². The monoisotopic (exact) mass is 502 g/mol. The summed E-state index contributed by atoms with van der Waals surface area (Å²) in [5, 5.41) is 8.95. The molecule has 2 aromatic rings. The molecule has 0 amide bonds. The summed E-state index contributed by atoms with van der Waals surface area (Å²) in [5.41, 5.74) is 1.24. The van der Waals surface area contributed by atoms with Gasteiger partial charge in [-0.3, -0.25) is 9.89 Å². The first-order valence-electron chi connectivity index (χ1n) is 9.06. The Kier molecular flexibility index (Phi) is 11.4. The lowest BCUT2D eigenvalue weighted by Gasteiger charge is -2.31. The minimum Gasteiger partial charge on any atom is -0.497 e. The Hall–Kier alpha value is -1.32. The fourth-order valence-corrected chi connectivity index (χ4v) is 3.61. The number of hydrogen-bond donors (Lipinski definition) is 2. The van der Waals surface area contributed by atoms with Crippen molar-refractivity contribution >= 4 is 41.3 Å². The van der Waals surface area contributed by atoms with Crippen LogP contribution in [0.1, 0.15) is 30.3 Å². The highest BCUT2D eigenvalue weighted by atomic mass is 127. The lowest BCUT2D eigenvalue weighted by molar-refractivity contribution is 0.218. The summed E-state index contributed by atoms with van der Waals surface area (Å²) in [6, 6.07) is 12.8. The van der Waals surface area contributed by atoms with E-state index in [0.717, 1.165) is 37.9 Å². The third-order valence-corrected chi connectivity index (χ3v) is 5.30. The van der Waals surface area contributed by atoms with Crippen molar-refractivity contribution in [1.29, 1.82) is 0 Å². The van der Waals surface area contributed by atoms with E-state index in [1.54, 1.807) is 18.4 Å². The van der Waals surface area contributed by atoms with Crippen molar-refractivity contribution in [2.75, 3.05) is 33.8 Å². The molecule has 2 N–H and O–H groups in total. The fraction of sp³-hybridized carbons (Fsp3) is 0.450. The van der Waals surface area contributed by atoms with Gasteiger partial charge in [-0.1, -0.05) is 32.0 Å². The molecule has 0 aliphatic rings. The van der Waals surface area contributed by atoms with Crippen molar-refractivity contribution < 1.29 is 4.74 Å². The second-order valence-electron chi connectivity index (χ2n) is 5.90. The minimum atomic E-state index is 0. The quantitative estimate of drug-likeness (QED) is 0.308. The zero-order valence-electron chi connectivity index (χ0n) is 16.6. The van der Waals surface area contributed by atoms with Crippen LogP contribution in [0.3, 0.4) is 0 Å². The minimum absolute atomic E-state index is 0. The normalized spacial score (nSPS) is 12.4. The van der Waals surface area contributed by atoms with Gasteiger partial charge in [-0.05, 0) is 42.2 Å². The van der Waals surface area contributed by atoms with Gasteiger partial charge in [-0.15, -0.1) is 35.3 Å². The molecule has 1 atom stereocenters. The number of halogens is 1. The molecule has 0 fully saturated rings. The Morgan fingerprint density at radius 3 is 2.56 bits per heavy atom. The number of ether oxygens (including phenoxy) is 1. The van der Waals surface area contributed by atoms with Gasteiger partial charge in [0.05, 0.1) is 19.7 Å². The van der Waals surface area contributed by atoms with Crippen LogP contribution in [-0.2, 0) is 6.54 Å². The number of guanidine groups is 1. The van der Waals surface area contributed by atoms with Crippen LogP contribution in [-0.4, -0.2) is 44.7 Å². The lowest BCUT2D eigenvalue weighted by Crippen LogP contribution is -2.43. The SMILES string of the molecule is CCN(CC)C(CNC(=NC)NCc1cccs1)c1cccc(OC)c1.I. The average molecular weight is 502 g/mol. The molecule has 1 aromatic heterocycles. The van der Waals surface area contributed by atoms with E-state index in [-0.39, 0.29) is 30.0 Å². The third-order valence-electron chi connectivity index (χ3n) is 4.43. The third kappa shape index (κ3) is 7.31. The van der Waals surface area contributed by atoms with Crippen LogP contribution < -0.4 is 15.4 Å². The molecule has 0 aliphatic heterocycles. The summed E-state index contributed by atoms with van der Waals surface area (Å²) in [5.74, 6) is 1.71. The fourth-order valence-electron chi connectivity index (χ4n) is 2.97. The van der Waals surface area contributed by atoms with Crippen LogP contribution in [0.4, 0.5) is 0 Å². The number of aliphatic imine (C=N–C) groups is 1. The molecule has 0 bridgehead atoms. The Labute approximate surface area is 184 Å². The van der Waals surface area contributed by atoms with Gasteiger partial charge in [0.25, 0.3) is 0 Å². The maximum atomic E-state index is 5.40. The van der Waals surface area contributed by atoms with Crippen molar-refractivity contribution in [1.82, 2.24) is 15.5 Å². The summed E-state index contributed by atoms with van der Waals surface area (Å²) in [4.78, 5) is 8.09. The average Bonchev–Trinajstić information content (AvgIpc) is 3.21. The molecule has 5 nitrogen and oxygen atoms in total. The van der Waals surface area contributed by atoms with Gasteiger partial charge in [-0.2, -0.15) is 0 Å². The topological polar surface area (TPSA) is 48.9 Å². The van der Waals surface area contributed by atoms with E-state index in [1.807, 2.05) is 13.1 Å². The molecule has 1 unspecified atom stereocenters. The largest absolute Gasteiger partial charge is 0.497 e. The van der Waals surface area contributed by atoms with Crippen molar-refractivity contribution in [2.45, 2.75) is 26.4 Å². The van der Waals surface area contributed by atoms with E-state index in [1.165, 1.54) is 10.4 Å². The summed E-state index contributed by atoms with van der Waals surface area (Å²) in [6.07, 6.45) is 0. The molecule has 27 heavy (non-hydrogen) atoms. The Morgan fingerprint density at radius 2 is 1.96 bits per heavy atom. The summed E-state index contributed by atoms with van der Waals surface area (Å²) < 4.78 is 5.40. The first-order valence-corrected chi connectivity index (χ1v) is 9.94.